The third kappa shape index (κ3) is 4.86. The fourth-order valence-corrected chi connectivity index (χ4v) is 6.13. The van der Waals surface area contributed by atoms with Gasteiger partial charge in [-0.1, -0.05) is 12.1 Å². The molecule has 10 heteroatoms. The van der Waals surface area contributed by atoms with Gasteiger partial charge in [0.05, 0.1) is 11.1 Å². The molecule has 33 heavy (non-hydrogen) atoms. The van der Waals surface area contributed by atoms with E-state index in [1.165, 1.54) is 16.9 Å². The maximum atomic E-state index is 12.6. The number of rotatable bonds is 7. The van der Waals surface area contributed by atoms with Crippen LogP contribution >= 0.6 is 23.1 Å². The Balaban J connectivity index is 1.15. The van der Waals surface area contributed by atoms with Crippen LogP contribution in [0.4, 0.5) is 5.69 Å². The summed E-state index contributed by atoms with van der Waals surface area (Å²) in [6.07, 6.45) is 4.72. The van der Waals surface area contributed by atoms with Gasteiger partial charge in [0.1, 0.15) is 16.5 Å². The van der Waals surface area contributed by atoms with E-state index in [0.29, 0.717) is 35.3 Å². The summed E-state index contributed by atoms with van der Waals surface area (Å²) in [4.78, 5) is 39.1. The van der Waals surface area contributed by atoms with Crippen molar-refractivity contribution in [1.29, 1.82) is 0 Å². The second-order valence-electron chi connectivity index (χ2n) is 8.08. The first-order valence-electron chi connectivity index (χ1n) is 11.0. The first-order chi connectivity index (χ1) is 16.1. The molecular weight excluding hydrogens is 456 g/mol. The van der Waals surface area contributed by atoms with Gasteiger partial charge in [0.15, 0.2) is 5.82 Å². The number of H-pyrrole nitrogens is 2. The van der Waals surface area contributed by atoms with E-state index in [1.807, 2.05) is 31.2 Å². The number of anilines is 1. The van der Waals surface area contributed by atoms with Crippen molar-refractivity contribution >= 4 is 44.9 Å². The van der Waals surface area contributed by atoms with Crippen LogP contribution in [0.3, 0.4) is 0 Å². The smallest absolute Gasteiger partial charge is 0.259 e. The summed E-state index contributed by atoms with van der Waals surface area (Å²) >= 11 is 3.25. The van der Waals surface area contributed by atoms with Crippen LogP contribution in [0, 0.1) is 6.92 Å². The minimum atomic E-state index is -0.0614. The van der Waals surface area contributed by atoms with Crippen LogP contribution < -0.4 is 10.9 Å². The topological polar surface area (TPSA) is 116 Å². The Morgan fingerprint density at radius 2 is 2.12 bits per heavy atom. The summed E-state index contributed by atoms with van der Waals surface area (Å²) in [7, 11) is 0. The average molecular weight is 481 g/mol. The van der Waals surface area contributed by atoms with E-state index in [4.69, 9.17) is 4.98 Å². The molecule has 0 spiro atoms. The highest BCUT2D eigenvalue weighted by atomic mass is 32.2. The lowest BCUT2D eigenvalue weighted by molar-refractivity contribution is -0.115. The largest absolute Gasteiger partial charge is 0.326 e. The Morgan fingerprint density at radius 1 is 1.24 bits per heavy atom. The number of carbonyl (C=O) groups is 1. The number of thioether (sulfide) groups is 1. The average Bonchev–Trinajstić information content (AvgIpc) is 3.40. The molecule has 0 aliphatic heterocycles. The lowest BCUT2D eigenvalue weighted by Crippen LogP contribution is -2.13. The van der Waals surface area contributed by atoms with Crippen molar-refractivity contribution in [3.05, 3.63) is 56.7 Å². The molecule has 1 amide bonds. The van der Waals surface area contributed by atoms with Gasteiger partial charge >= 0.3 is 0 Å². The summed E-state index contributed by atoms with van der Waals surface area (Å²) < 4.78 is 0. The third-order valence-corrected chi connectivity index (χ3v) is 7.74. The molecular formula is C23H24N6O2S2. The number of aryl methyl sites for hydroxylation is 3. The van der Waals surface area contributed by atoms with Crippen molar-refractivity contribution in [1.82, 2.24) is 25.1 Å². The normalized spacial score (nSPS) is 13.2. The molecule has 0 fully saturated rings. The molecule has 3 aromatic heterocycles. The molecule has 3 N–H and O–H groups in total. The van der Waals surface area contributed by atoms with Crippen LogP contribution in [0.15, 0.2) is 29.1 Å². The number of fused-ring (bicyclic) bond motifs is 3. The Morgan fingerprint density at radius 3 is 2.97 bits per heavy atom. The predicted molar refractivity (Wildman–Crippen MR) is 133 cm³/mol. The van der Waals surface area contributed by atoms with Crippen LogP contribution in [0.25, 0.3) is 21.6 Å². The SMILES string of the molecule is Cc1nc(-c2cccc(NC(=O)CCSCc3nc4sc5c(c4c(=O)[nH]3)CCCC5)c2)n[nH]1. The first kappa shape index (κ1) is 21.8. The summed E-state index contributed by atoms with van der Waals surface area (Å²) in [6, 6.07) is 7.48. The number of hydrogen-bond donors (Lipinski definition) is 3. The number of nitrogens with one attached hydrogen (secondary N) is 3. The lowest BCUT2D eigenvalue weighted by Gasteiger charge is -2.09. The second-order valence-corrected chi connectivity index (χ2v) is 10.3. The predicted octanol–water partition coefficient (Wildman–Crippen LogP) is 4.22. The zero-order chi connectivity index (χ0) is 22.8. The standard InChI is InChI=1S/C23H24N6O2S2/c1-13-24-21(29-28-13)14-5-4-6-15(11-14)25-19(30)9-10-32-12-18-26-22(31)20-16-7-2-3-8-17(16)33-23(20)27-18/h4-6,11H,2-3,7-10,12H2,1H3,(H,25,30)(H,24,28,29)(H,26,27,31). The Bertz CT molecular complexity index is 1370. The fraction of sp³-hybridized carbons (Fsp3) is 0.348. The highest BCUT2D eigenvalue weighted by Crippen LogP contribution is 2.33. The molecule has 0 bridgehead atoms. The van der Waals surface area contributed by atoms with Gasteiger partial charge in [0.2, 0.25) is 5.91 Å². The molecule has 1 aromatic carbocycles. The second kappa shape index (κ2) is 9.48. The third-order valence-electron chi connectivity index (χ3n) is 5.59. The van der Waals surface area contributed by atoms with Crippen molar-refractivity contribution in [2.24, 2.45) is 0 Å². The molecule has 3 heterocycles. The zero-order valence-corrected chi connectivity index (χ0v) is 19.9. The van der Waals surface area contributed by atoms with Gasteiger partial charge in [-0.15, -0.1) is 11.3 Å². The maximum absolute atomic E-state index is 12.6. The Hall–Kier alpha value is -2.98. The number of aromatic amines is 2. The Kier molecular flexibility index (Phi) is 6.28. The molecule has 5 rings (SSSR count). The van der Waals surface area contributed by atoms with Gasteiger partial charge in [0.25, 0.3) is 5.56 Å². The molecule has 170 valence electrons. The lowest BCUT2D eigenvalue weighted by atomic mass is 9.97. The van der Waals surface area contributed by atoms with Crippen LogP contribution in [0.5, 0.6) is 0 Å². The van der Waals surface area contributed by atoms with Crippen LogP contribution in [-0.2, 0) is 23.4 Å². The number of thiophene rings is 1. The number of hydrogen-bond acceptors (Lipinski definition) is 7. The molecule has 4 aromatic rings. The fourth-order valence-electron chi connectivity index (χ4n) is 4.04. The number of nitrogens with zero attached hydrogens (tertiary/aromatic N) is 3. The van der Waals surface area contributed by atoms with Crippen LogP contribution in [0.1, 0.15) is 41.4 Å². The van der Waals surface area contributed by atoms with E-state index in [1.54, 1.807) is 23.1 Å². The first-order valence-corrected chi connectivity index (χ1v) is 12.9. The summed E-state index contributed by atoms with van der Waals surface area (Å²) in [5, 5.41) is 10.7. The quantitative estimate of drug-likeness (QED) is 0.341. The van der Waals surface area contributed by atoms with Gasteiger partial charge in [-0.25, -0.2) is 9.97 Å². The van der Waals surface area contributed by atoms with E-state index < -0.39 is 0 Å². The molecule has 0 unspecified atom stereocenters. The summed E-state index contributed by atoms with van der Waals surface area (Å²) in [6.45, 7) is 1.84. The highest BCUT2D eigenvalue weighted by molar-refractivity contribution is 7.98. The van der Waals surface area contributed by atoms with E-state index in [0.717, 1.165) is 40.9 Å². The van der Waals surface area contributed by atoms with Crippen molar-refractivity contribution in [3.8, 4) is 11.4 Å². The number of carbonyl (C=O) groups excluding carboxylic acids is 1. The number of benzene rings is 1. The van der Waals surface area contributed by atoms with Crippen molar-refractivity contribution in [2.45, 2.75) is 44.8 Å². The summed E-state index contributed by atoms with van der Waals surface area (Å²) in [5.74, 6) is 3.16. The van der Waals surface area contributed by atoms with Gasteiger partial charge < -0.3 is 10.3 Å². The van der Waals surface area contributed by atoms with Crippen LogP contribution in [-0.4, -0.2) is 36.8 Å². The van der Waals surface area contributed by atoms with Gasteiger partial charge in [0, 0.05) is 28.3 Å². The molecule has 1 aliphatic carbocycles. The zero-order valence-electron chi connectivity index (χ0n) is 18.2. The monoisotopic (exact) mass is 480 g/mol. The highest BCUT2D eigenvalue weighted by Gasteiger charge is 2.19. The summed E-state index contributed by atoms with van der Waals surface area (Å²) in [5.41, 5.74) is 2.72. The van der Waals surface area contributed by atoms with Gasteiger partial charge in [-0.2, -0.15) is 16.9 Å². The maximum Gasteiger partial charge on any atom is 0.259 e. The molecule has 0 radical (unpaired) electrons. The molecule has 0 atom stereocenters. The molecule has 1 aliphatic rings. The van der Waals surface area contributed by atoms with E-state index in [-0.39, 0.29) is 11.5 Å². The minimum absolute atomic E-state index is 0.0331. The molecule has 0 saturated carbocycles. The van der Waals surface area contributed by atoms with E-state index >= 15 is 0 Å². The minimum Gasteiger partial charge on any atom is -0.326 e. The van der Waals surface area contributed by atoms with Gasteiger partial charge in [-0.05, 0) is 50.3 Å². The molecule has 8 nitrogen and oxygen atoms in total. The number of amides is 1. The van der Waals surface area contributed by atoms with E-state index in [9.17, 15) is 9.59 Å². The van der Waals surface area contributed by atoms with E-state index in [2.05, 4.69) is 25.5 Å². The Labute approximate surface area is 198 Å². The van der Waals surface area contributed by atoms with Crippen molar-refractivity contribution in [2.75, 3.05) is 11.1 Å². The van der Waals surface area contributed by atoms with Crippen molar-refractivity contribution < 1.29 is 4.79 Å². The number of aromatic nitrogens is 5. The van der Waals surface area contributed by atoms with Crippen molar-refractivity contribution in [3.63, 3.8) is 0 Å². The van der Waals surface area contributed by atoms with Crippen LogP contribution in [0.2, 0.25) is 0 Å². The molecule has 0 saturated heterocycles. The van der Waals surface area contributed by atoms with Gasteiger partial charge in [-0.3, -0.25) is 14.7 Å².